The molecule has 2 aromatic carbocycles. The van der Waals surface area contributed by atoms with Crippen LogP contribution in [0.4, 0.5) is 11.4 Å². The van der Waals surface area contributed by atoms with Crippen molar-refractivity contribution in [2.45, 2.75) is 157 Å². The molecule has 4 N–H and O–H groups in total. The number of anilines is 2. The van der Waals surface area contributed by atoms with Crippen molar-refractivity contribution in [3.63, 3.8) is 0 Å². The van der Waals surface area contributed by atoms with E-state index in [4.69, 9.17) is 28.3 Å². The summed E-state index contributed by atoms with van der Waals surface area (Å²) < 4.78 is 35.5. The minimum atomic E-state index is -0.480. The van der Waals surface area contributed by atoms with Crippen molar-refractivity contribution >= 4 is 51.8 Å². The van der Waals surface area contributed by atoms with Gasteiger partial charge in [0.1, 0.15) is 12.2 Å². The summed E-state index contributed by atoms with van der Waals surface area (Å²) in [6.45, 7) is 32.4. The second-order valence-electron chi connectivity index (χ2n) is 25.8. The van der Waals surface area contributed by atoms with Crippen LogP contribution in [0.25, 0.3) is 11.3 Å². The maximum Gasteiger partial charge on any atom is 0.516 e. The molecule has 0 bridgehead atoms. The molecule has 9 heterocycles. The van der Waals surface area contributed by atoms with E-state index in [1.54, 1.807) is 24.8 Å². The van der Waals surface area contributed by atoms with Gasteiger partial charge >= 0.3 is 7.12 Å². The highest BCUT2D eigenvalue weighted by Crippen LogP contribution is 2.37. The van der Waals surface area contributed by atoms with Crippen LogP contribution in [0.1, 0.15) is 133 Å². The maximum atomic E-state index is 13.7. The van der Waals surface area contributed by atoms with Crippen molar-refractivity contribution in [2.24, 2.45) is 0 Å². The summed E-state index contributed by atoms with van der Waals surface area (Å²) in [5.41, 5.74) is 10.6. The molecule has 5 aliphatic heterocycles. The first-order chi connectivity index (χ1) is 43.8. The number of rotatable bonds is 18. The van der Waals surface area contributed by atoms with Crippen LogP contribution in [0, 0.1) is 41.5 Å². The molecule has 494 valence electrons. The summed E-state index contributed by atoms with van der Waals surface area (Å²) in [5, 5.41) is 5.92. The fraction of sp³-hybridized carbons (Fsp3) is 0.529. The van der Waals surface area contributed by atoms with E-state index in [2.05, 4.69) is 116 Å². The van der Waals surface area contributed by atoms with Crippen LogP contribution in [-0.2, 0) is 31.9 Å². The first-order valence-corrected chi connectivity index (χ1v) is 32.9. The summed E-state index contributed by atoms with van der Waals surface area (Å²) in [7, 11) is 3.64. The summed E-state index contributed by atoms with van der Waals surface area (Å²) in [6, 6.07) is 12.4. The smallest absolute Gasteiger partial charge is 0.471 e. The Labute approximate surface area is 549 Å². The monoisotopic (exact) mass is 1330 g/mol. The SMILES string of the molecule is CCN(c1cc(-c2cnc(OC3CN(C)C3)cn2)cc(C(=O)NCc2c(C)cc(C)[nH]c2=O)c1C)C1CCOCC1.CCN(c1cc(Br)cc(C(=O)NCc2c(C)cc(C)[nH]c2=O)c1C)C1CCOCC1.CN1CC(Oc2cnc(B3OC(C)(C)C(C)(C)O3)cn2)C1. The van der Waals surface area contributed by atoms with Crippen molar-refractivity contribution < 1.29 is 37.8 Å². The normalized spacial score (nSPS) is 17.7. The summed E-state index contributed by atoms with van der Waals surface area (Å²) >= 11 is 3.58. The van der Waals surface area contributed by atoms with Crippen LogP contribution in [0.5, 0.6) is 11.8 Å². The number of halogens is 1. The number of carbonyl (C=O) groups is 2. The number of hydrogen-bond acceptors (Lipinski definition) is 18. The number of H-pyrrole nitrogens is 2. The van der Waals surface area contributed by atoms with Gasteiger partial charge in [0.2, 0.25) is 11.8 Å². The minimum Gasteiger partial charge on any atom is -0.471 e. The lowest BCUT2D eigenvalue weighted by Crippen LogP contribution is -2.51. The standard InChI is InChI=1S/C31H40N6O4.C23H30BrN3O3.C14H22BN3O3/c1-6-37(23-7-9-40-10-8-23)28-13-22(27-15-33-29(16-32-27)41-24-17-36(5)18-24)12-25(21(28)4)30(38)34-14-26-19(2)11-20(3)35-31(26)39;1-5-27(18-6-8-30-9-7-18)21-12-17(24)11-19(16(21)4)22(28)25-13-20-14(2)10-15(3)26-23(20)29;1-13(2)14(3,4)21-15(20-13)11-6-17-12(7-16-11)19-10-8-18(5)9-10/h11-13,15-16,23-24H,6-10,14,17-18H2,1-5H3,(H,34,38)(H,35,39);10-12,18H,5-9,13H2,1-4H3,(H,25,28)(H,26,29);6-7,10H,8-9H2,1-5H3. The Balaban J connectivity index is 0.000000172. The van der Waals surface area contributed by atoms with E-state index in [1.807, 2.05) is 93.5 Å². The van der Waals surface area contributed by atoms with E-state index in [-0.39, 0.29) is 59.4 Å². The molecule has 0 spiro atoms. The van der Waals surface area contributed by atoms with Crippen LogP contribution >= 0.6 is 15.9 Å². The minimum absolute atomic E-state index is 0.128. The number of carbonyl (C=O) groups excluding carboxylic acids is 2. The molecule has 22 nitrogen and oxygen atoms in total. The van der Waals surface area contributed by atoms with E-state index < -0.39 is 7.12 Å². The first kappa shape index (κ1) is 69.3. The van der Waals surface area contributed by atoms with Gasteiger partial charge in [0.05, 0.1) is 41.1 Å². The zero-order chi connectivity index (χ0) is 66.2. The van der Waals surface area contributed by atoms with E-state index in [9.17, 15) is 19.2 Å². The lowest BCUT2D eigenvalue weighted by atomic mass is 9.85. The van der Waals surface area contributed by atoms with Gasteiger partial charge in [-0.3, -0.25) is 34.0 Å². The highest BCUT2D eigenvalue weighted by molar-refractivity contribution is 9.10. The summed E-state index contributed by atoms with van der Waals surface area (Å²) in [5.74, 6) is 0.620. The molecular weight excluding hydrogens is 1240 g/mol. The van der Waals surface area contributed by atoms with Crippen molar-refractivity contribution in [2.75, 3.05) is 89.6 Å². The summed E-state index contributed by atoms with van der Waals surface area (Å²) in [4.78, 5) is 84.1. The maximum absolute atomic E-state index is 13.7. The first-order valence-electron chi connectivity index (χ1n) is 32.1. The Hall–Kier alpha value is -7.06. The lowest BCUT2D eigenvalue weighted by molar-refractivity contribution is 0.00578. The number of amides is 2. The van der Waals surface area contributed by atoms with Crippen LogP contribution < -0.4 is 46.6 Å². The Bertz CT molecular complexity index is 3640. The van der Waals surface area contributed by atoms with Gasteiger partial charge in [-0.15, -0.1) is 0 Å². The number of aromatic nitrogens is 6. The number of benzene rings is 2. The van der Waals surface area contributed by atoms with Gasteiger partial charge in [0.25, 0.3) is 22.9 Å². The van der Waals surface area contributed by atoms with Crippen LogP contribution in [0.2, 0.25) is 0 Å². The highest BCUT2D eigenvalue weighted by atomic mass is 79.9. The molecule has 0 unspecified atom stereocenters. The number of nitrogens with one attached hydrogen (secondary N) is 4. The number of nitrogens with zero attached hydrogens (tertiary/aromatic N) is 8. The molecule has 5 saturated heterocycles. The third-order valence-corrected chi connectivity index (χ3v) is 18.8. The van der Waals surface area contributed by atoms with Crippen LogP contribution in [0.15, 0.2) is 75.2 Å². The van der Waals surface area contributed by atoms with E-state index in [1.165, 1.54) is 0 Å². The second kappa shape index (κ2) is 30.4. The van der Waals surface area contributed by atoms with Gasteiger partial charge in [-0.25, -0.2) is 15.0 Å². The average molecular weight is 1330 g/mol. The molecule has 0 aliphatic carbocycles. The average Bonchev–Trinajstić information content (AvgIpc) is 1.54. The topological polar surface area (TPSA) is 244 Å². The number of likely N-dealkylation sites (tertiary alicyclic amines) is 2. The number of hydrogen-bond donors (Lipinski definition) is 4. The van der Waals surface area contributed by atoms with Crippen LogP contribution in [0.3, 0.4) is 0 Å². The second-order valence-corrected chi connectivity index (χ2v) is 26.7. The lowest BCUT2D eigenvalue weighted by Gasteiger charge is -2.37. The zero-order valence-corrected chi connectivity index (χ0v) is 57.6. The van der Waals surface area contributed by atoms with E-state index in [0.29, 0.717) is 57.4 Å². The molecule has 0 saturated carbocycles. The zero-order valence-electron chi connectivity index (χ0n) is 56.0. The molecule has 5 aliphatic rings. The van der Waals surface area contributed by atoms with Crippen LogP contribution in [-0.4, -0.2) is 174 Å². The molecule has 24 heteroatoms. The third-order valence-electron chi connectivity index (χ3n) is 18.3. The van der Waals surface area contributed by atoms with Gasteiger partial charge in [-0.05, 0) is 182 Å². The Morgan fingerprint density at radius 1 is 0.620 bits per heavy atom. The third kappa shape index (κ3) is 16.8. The van der Waals surface area contributed by atoms with E-state index >= 15 is 0 Å². The van der Waals surface area contributed by atoms with Gasteiger partial charge < -0.3 is 58.7 Å². The Morgan fingerprint density at radius 3 is 1.46 bits per heavy atom. The van der Waals surface area contributed by atoms with Crippen molar-refractivity contribution in [1.82, 2.24) is 50.3 Å². The molecule has 2 amide bonds. The molecule has 0 atom stereocenters. The molecular formula is C68H92BBrN12O10. The predicted molar refractivity (Wildman–Crippen MR) is 362 cm³/mol. The number of aromatic amines is 2. The summed E-state index contributed by atoms with van der Waals surface area (Å²) in [6.07, 6.45) is 10.8. The number of aryl methyl sites for hydroxylation is 4. The molecule has 6 aromatic rings. The van der Waals surface area contributed by atoms with Gasteiger partial charge in [-0.2, -0.15) is 0 Å². The molecule has 11 rings (SSSR count). The fourth-order valence-corrected chi connectivity index (χ4v) is 12.8. The fourth-order valence-electron chi connectivity index (χ4n) is 12.3. The van der Waals surface area contributed by atoms with Gasteiger partial charge in [0.15, 0.2) is 0 Å². The van der Waals surface area contributed by atoms with Gasteiger partial charge in [0, 0.05) is 152 Å². The van der Waals surface area contributed by atoms with Crippen molar-refractivity contribution in [3.8, 4) is 23.0 Å². The predicted octanol–water partition coefficient (Wildman–Crippen LogP) is 7.85. The molecule has 92 heavy (non-hydrogen) atoms. The number of likely N-dealkylation sites (N-methyl/N-ethyl adjacent to an activating group) is 2. The number of ether oxygens (including phenoxy) is 4. The molecule has 0 radical (unpaired) electrons. The molecule has 5 fully saturated rings. The van der Waals surface area contributed by atoms with Gasteiger partial charge in [-0.1, -0.05) is 15.9 Å². The quantitative estimate of drug-likeness (QED) is 0.0599. The van der Waals surface area contributed by atoms with Crippen molar-refractivity contribution in [1.29, 1.82) is 0 Å². The highest BCUT2D eigenvalue weighted by Gasteiger charge is 2.52. The Kier molecular flexibility index (Phi) is 22.9. The number of pyridine rings is 2. The Morgan fingerprint density at radius 2 is 1.05 bits per heavy atom. The molecule has 4 aromatic heterocycles. The van der Waals surface area contributed by atoms with Crippen molar-refractivity contribution in [3.05, 3.63) is 142 Å². The van der Waals surface area contributed by atoms with E-state index in [0.717, 1.165) is 146 Å². The largest absolute Gasteiger partial charge is 0.516 e.